The minimum Gasteiger partial charge on any atom is -0.493 e. The third-order valence-corrected chi connectivity index (χ3v) is 3.26. The van der Waals surface area contributed by atoms with E-state index >= 15 is 0 Å². The summed E-state index contributed by atoms with van der Waals surface area (Å²) in [5.74, 6) is 1.43. The van der Waals surface area contributed by atoms with Crippen LogP contribution < -0.4 is 10.5 Å². The van der Waals surface area contributed by atoms with Gasteiger partial charge in [-0.05, 0) is 55.5 Å². The van der Waals surface area contributed by atoms with E-state index in [1.807, 2.05) is 0 Å². The van der Waals surface area contributed by atoms with Gasteiger partial charge in [0.05, 0.1) is 6.61 Å². The first-order valence-corrected chi connectivity index (χ1v) is 6.24. The second-order valence-corrected chi connectivity index (χ2v) is 4.79. The van der Waals surface area contributed by atoms with Gasteiger partial charge in [-0.25, -0.2) is 0 Å². The van der Waals surface area contributed by atoms with Crippen molar-refractivity contribution in [2.24, 2.45) is 11.7 Å². The first-order valence-electron chi connectivity index (χ1n) is 6.24. The predicted octanol–water partition coefficient (Wildman–Crippen LogP) is 2.54. The van der Waals surface area contributed by atoms with Crippen LogP contribution in [0.4, 0.5) is 0 Å². The molecule has 0 aromatic heterocycles. The van der Waals surface area contributed by atoms with Crippen molar-refractivity contribution in [2.45, 2.75) is 32.6 Å². The van der Waals surface area contributed by atoms with Gasteiger partial charge >= 0.3 is 0 Å². The van der Waals surface area contributed by atoms with Crippen molar-refractivity contribution in [3.05, 3.63) is 29.3 Å². The Morgan fingerprint density at radius 2 is 2.00 bits per heavy atom. The topological polar surface area (TPSA) is 35.2 Å². The van der Waals surface area contributed by atoms with Gasteiger partial charge in [0.25, 0.3) is 0 Å². The SMILES string of the molecule is CC(CN)COc1ccc2c(c1)CCCC2. The summed E-state index contributed by atoms with van der Waals surface area (Å²) in [5.41, 5.74) is 8.55. The maximum absolute atomic E-state index is 5.74. The molecule has 1 unspecified atom stereocenters. The van der Waals surface area contributed by atoms with Gasteiger partial charge in [-0.1, -0.05) is 13.0 Å². The molecule has 0 saturated carbocycles. The molecule has 1 aromatic carbocycles. The molecule has 2 rings (SSSR count). The number of ether oxygens (including phenoxy) is 1. The van der Waals surface area contributed by atoms with E-state index in [0.717, 1.165) is 12.4 Å². The highest BCUT2D eigenvalue weighted by molar-refractivity contribution is 5.37. The van der Waals surface area contributed by atoms with Gasteiger partial charge in [0.15, 0.2) is 0 Å². The van der Waals surface area contributed by atoms with Crippen LogP contribution in [0.15, 0.2) is 18.2 Å². The number of benzene rings is 1. The highest BCUT2D eigenvalue weighted by atomic mass is 16.5. The summed E-state index contributed by atoms with van der Waals surface area (Å²) < 4.78 is 5.74. The number of rotatable bonds is 4. The fraction of sp³-hybridized carbons (Fsp3) is 0.571. The van der Waals surface area contributed by atoms with Gasteiger partial charge in [-0.15, -0.1) is 0 Å². The molecule has 1 aliphatic rings. The van der Waals surface area contributed by atoms with Crippen LogP contribution in [0.25, 0.3) is 0 Å². The van der Waals surface area contributed by atoms with Crippen LogP contribution in [-0.4, -0.2) is 13.2 Å². The van der Waals surface area contributed by atoms with Crippen molar-refractivity contribution in [2.75, 3.05) is 13.2 Å². The predicted molar refractivity (Wildman–Crippen MR) is 66.8 cm³/mol. The van der Waals surface area contributed by atoms with Crippen LogP contribution >= 0.6 is 0 Å². The third-order valence-electron chi connectivity index (χ3n) is 3.26. The summed E-state index contributed by atoms with van der Waals surface area (Å²) in [6.07, 6.45) is 5.08. The maximum atomic E-state index is 5.74. The van der Waals surface area contributed by atoms with Crippen LogP contribution in [0, 0.1) is 5.92 Å². The van der Waals surface area contributed by atoms with Crippen molar-refractivity contribution in [1.29, 1.82) is 0 Å². The van der Waals surface area contributed by atoms with E-state index in [1.165, 1.54) is 36.8 Å². The van der Waals surface area contributed by atoms with Crippen molar-refractivity contribution in [3.8, 4) is 5.75 Å². The lowest BCUT2D eigenvalue weighted by Crippen LogP contribution is -2.18. The Balaban J connectivity index is 2.00. The molecular weight excluding hydrogens is 198 g/mol. The normalized spacial score (nSPS) is 16.6. The minimum atomic E-state index is 0.427. The molecule has 0 aliphatic heterocycles. The van der Waals surface area contributed by atoms with E-state index in [2.05, 4.69) is 25.1 Å². The highest BCUT2D eigenvalue weighted by Crippen LogP contribution is 2.25. The van der Waals surface area contributed by atoms with Gasteiger partial charge in [0, 0.05) is 5.92 Å². The molecule has 88 valence electrons. The zero-order valence-electron chi connectivity index (χ0n) is 10.0. The standard InChI is InChI=1S/C14H21NO/c1-11(9-15)10-16-14-7-6-12-4-2-3-5-13(12)8-14/h6-8,11H,2-5,9-10,15H2,1H3. The van der Waals surface area contributed by atoms with Crippen molar-refractivity contribution >= 4 is 0 Å². The summed E-state index contributed by atoms with van der Waals surface area (Å²) in [6, 6.07) is 6.52. The lowest BCUT2D eigenvalue weighted by Gasteiger charge is -2.17. The molecule has 2 N–H and O–H groups in total. The molecule has 0 fully saturated rings. The second kappa shape index (κ2) is 5.35. The second-order valence-electron chi connectivity index (χ2n) is 4.79. The largest absolute Gasteiger partial charge is 0.493 e. The third kappa shape index (κ3) is 2.76. The number of fused-ring (bicyclic) bond motifs is 1. The molecular formula is C14H21NO. The number of nitrogens with two attached hydrogens (primary N) is 1. The van der Waals surface area contributed by atoms with Crippen molar-refractivity contribution in [1.82, 2.24) is 0 Å². The average molecular weight is 219 g/mol. The van der Waals surface area contributed by atoms with E-state index in [0.29, 0.717) is 12.5 Å². The number of hydrogen-bond donors (Lipinski definition) is 1. The zero-order valence-corrected chi connectivity index (χ0v) is 10.0. The molecule has 0 saturated heterocycles. The Morgan fingerprint density at radius 1 is 1.25 bits per heavy atom. The van der Waals surface area contributed by atoms with Gasteiger partial charge in [-0.2, -0.15) is 0 Å². The first kappa shape index (κ1) is 11.5. The lowest BCUT2D eigenvalue weighted by molar-refractivity contribution is 0.263. The molecule has 1 aliphatic carbocycles. The summed E-state index contributed by atoms with van der Waals surface area (Å²) in [5, 5.41) is 0. The Hall–Kier alpha value is -1.02. The number of hydrogen-bond acceptors (Lipinski definition) is 2. The molecule has 2 nitrogen and oxygen atoms in total. The Bertz CT molecular complexity index is 349. The molecule has 1 atom stereocenters. The van der Waals surface area contributed by atoms with Gasteiger partial charge in [0.2, 0.25) is 0 Å². The van der Waals surface area contributed by atoms with Crippen LogP contribution in [-0.2, 0) is 12.8 Å². The molecule has 0 bridgehead atoms. The van der Waals surface area contributed by atoms with Crippen LogP contribution in [0.1, 0.15) is 30.9 Å². The van der Waals surface area contributed by atoms with Gasteiger partial charge in [-0.3, -0.25) is 0 Å². The quantitative estimate of drug-likeness (QED) is 0.844. The fourth-order valence-corrected chi connectivity index (χ4v) is 2.11. The van der Waals surface area contributed by atoms with Crippen LogP contribution in [0.2, 0.25) is 0 Å². The molecule has 0 radical (unpaired) electrons. The molecule has 0 spiro atoms. The molecule has 0 heterocycles. The zero-order chi connectivity index (χ0) is 11.4. The minimum absolute atomic E-state index is 0.427. The van der Waals surface area contributed by atoms with E-state index < -0.39 is 0 Å². The molecule has 0 amide bonds. The van der Waals surface area contributed by atoms with Crippen molar-refractivity contribution < 1.29 is 4.74 Å². The van der Waals surface area contributed by atoms with E-state index in [1.54, 1.807) is 0 Å². The Morgan fingerprint density at radius 3 is 2.75 bits per heavy atom. The summed E-state index contributed by atoms with van der Waals surface area (Å²) in [7, 11) is 0. The first-order chi connectivity index (χ1) is 7.79. The van der Waals surface area contributed by atoms with Crippen molar-refractivity contribution in [3.63, 3.8) is 0 Å². The van der Waals surface area contributed by atoms with E-state index in [4.69, 9.17) is 10.5 Å². The summed E-state index contributed by atoms with van der Waals surface area (Å²) >= 11 is 0. The van der Waals surface area contributed by atoms with Gasteiger partial charge in [0.1, 0.15) is 5.75 Å². The smallest absolute Gasteiger partial charge is 0.119 e. The molecule has 1 aromatic rings. The summed E-state index contributed by atoms with van der Waals surface area (Å²) in [6.45, 7) is 3.51. The van der Waals surface area contributed by atoms with E-state index in [-0.39, 0.29) is 0 Å². The Labute approximate surface area is 97.8 Å². The number of aryl methyl sites for hydroxylation is 2. The monoisotopic (exact) mass is 219 g/mol. The highest BCUT2D eigenvalue weighted by Gasteiger charge is 2.10. The summed E-state index contributed by atoms with van der Waals surface area (Å²) in [4.78, 5) is 0. The lowest BCUT2D eigenvalue weighted by atomic mass is 9.92. The molecule has 16 heavy (non-hydrogen) atoms. The van der Waals surface area contributed by atoms with E-state index in [9.17, 15) is 0 Å². The van der Waals surface area contributed by atoms with Crippen LogP contribution in [0.5, 0.6) is 5.75 Å². The molecule has 2 heteroatoms. The average Bonchev–Trinajstić information content (AvgIpc) is 2.35. The van der Waals surface area contributed by atoms with Crippen LogP contribution in [0.3, 0.4) is 0 Å². The van der Waals surface area contributed by atoms with Gasteiger partial charge < -0.3 is 10.5 Å². The maximum Gasteiger partial charge on any atom is 0.119 e. The Kier molecular flexibility index (Phi) is 3.83. The fourth-order valence-electron chi connectivity index (χ4n) is 2.11.